The van der Waals surface area contributed by atoms with Crippen LogP contribution < -0.4 is 10.6 Å². The van der Waals surface area contributed by atoms with Crippen molar-refractivity contribution in [3.05, 3.63) is 77.9 Å². The molecule has 0 heterocycles. The van der Waals surface area contributed by atoms with E-state index in [4.69, 9.17) is 9.47 Å². The molecule has 0 saturated heterocycles. The zero-order chi connectivity index (χ0) is 33.2. The number of esters is 1. The summed E-state index contributed by atoms with van der Waals surface area (Å²) < 4.78 is 11.0. The number of rotatable bonds is 12. The van der Waals surface area contributed by atoms with E-state index in [0.29, 0.717) is 11.1 Å². The van der Waals surface area contributed by atoms with E-state index in [1.165, 1.54) is 23.1 Å². The first-order valence-electron chi connectivity index (χ1n) is 14.3. The van der Waals surface area contributed by atoms with Gasteiger partial charge in [-0.3, -0.25) is 9.59 Å². The normalized spacial score (nSPS) is 13.5. The monoisotopic (exact) mass is 627 g/mol. The molecule has 3 unspecified atom stereocenters. The molecule has 2 aromatic rings. The van der Waals surface area contributed by atoms with E-state index < -0.39 is 53.2 Å². The van der Waals surface area contributed by atoms with Crippen molar-refractivity contribution in [1.29, 1.82) is 0 Å². The summed E-state index contributed by atoms with van der Waals surface area (Å²) in [6.45, 7) is 15.6. The van der Waals surface area contributed by atoms with Gasteiger partial charge in [0.1, 0.15) is 35.1 Å². The highest BCUT2D eigenvalue weighted by atomic mass is 32.1. The van der Waals surface area contributed by atoms with Crippen LogP contribution >= 0.6 is 12.6 Å². The van der Waals surface area contributed by atoms with Gasteiger partial charge in [0, 0.05) is 18.7 Å². The molecule has 0 aromatic heterocycles. The predicted octanol–water partition coefficient (Wildman–Crippen LogP) is 4.65. The molecule has 0 radical (unpaired) electrons. The number of hydrogen-bond donors (Lipinski definition) is 4. The third kappa shape index (κ3) is 11.3. The number of phenols is 1. The van der Waals surface area contributed by atoms with Gasteiger partial charge in [0.05, 0.1) is 0 Å². The second-order valence-corrected chi connectivity index (χ2v) is 12.8. The van der Waals surface area contributed by atoms with E-state index in [-0.39, 0.29) is 24.5 Å². The van der Waals surface area contributed by atoms with Gasteiger partial charge >= 0.3 is 12.1 Å². The van der Waals surface area contributed by atoms with Crippen LogP contribution in [0.1, 0.15) is 64.3 Å². The lowest BCUT2D eigenvalue weighted by Gasteiger charge is -2.34. The van der Waals surface area contributed by atoms with E-state index >= 15 is 0 Å². The summed E-state index contributed by atoms with van der Waals surface area (Å²) in [7, 11) is 0. The van der Waals surface area contributed by atoms with Crippen molar-refractivity contribution in [1.82, 2.24) is 15.5 Å². The van der Waals surface area contributed by atoms with E-state index in [9.17, 15) is 24.3 Å². The fourth-order valence-corrected chi connectivity index (χ4v) is 4.53. The van der Waals surface area contributed by atoms with Crippen LogP contribution in [0.25, 0.3) is 0 Å². The summed E-state index contributed by atoms with van der Waals surface area (Å²) in [5.74, 6) is -2.04. The first kappa shape index (κ1) is 36.2. The lowest BCUT2D eigenvalue weighted by Crippen LogP contribution is -2.55. The predicted molar refractivity (Wildman–Crippen MR) is 172 cm³/mol. The minimum absolute atomic E-state index is 0.00467. The number of carbonyl (C=O) groups excluding carboxylic acids is 4. The van der Waals surface area contributed by atoms with Gasteiger partial charge in [-0.2, -0.15) is 12.6 Å². The SMILES string of the molecule is C=CCN(C(=O)C(CS)NC(=O)OC(C)(C)C)C(C(=O)NC(Cc1ccccc1)C(=O)OC(C)(C)C)c1ccc(O)c(C)c1. The number of phenolic OH excluding ortho intramolecular Hbond substituents is 1. The number of carbonyl (C=O) groups is 4. The first-order valence-corrected chi connectivity index (χ1v) is 15.0. The number of ether oxygens (including phenoxy) is 2. The Morgan fingerprint density at radius 2 is 1.57 bits per heavy atom. The van der Waals surface area contributed by atoms with E-state index in [2.05, 4.69) is 29.8 Å². The van der Waals surface area contributed by atoms with Crippen molar-refractivity contribution in [3.63, 3.8) is 0 Å². The van der Waals surface area contributed by atoms with Gasteiger partial charge in [-0.25, -0.2) is 9.59 Å². The molecule has 0 saturated carbocycles. The summed E-state index contributed by atoms with van der Waals surface area (Å²) in [5.41, 5.74) is -0.00209. The third-order valence-corrected chi connectivity index (χ3v) is 6.53. The number of amides is 3. The zero-order valence-corrected chi connectivity index (χ0v) is 27.4. The maximum atomic E-state index is 14.2. The Morgan fingerprint density at radius 1 is 0.955 bits per heavy atom. The van der Waals surface area contributed by atoms with Gasteiger partial charge < -0.3 is 30.1 Å². The quantitative estimate of drug-likeness (QED) is 0.153. The van der Waals surface area contributed by atoms with Crippen LogP contribution in [-0.4, -0.2) is 69.5 Å². The van der Waals surface area contributed by atoms with Gasteiger partial charge in [-0.1, -0.05) is 42.5 Å². The highest BCUT2D eigenvalue weighted by Gasteiger charge is 2.38. The number of alkyl carbamates (subject to hydrolysis) is 1. The van der Waals surface area contributed by atoms with Gasteiger partial charge in [0.15, 0.2) is 0 Å². The number of aryl methyl sites for hydroxylation is 1. The molecule has 0 bridgehead atoms. The minimum Gasteiger partial charge on any atom is -0.508 e. The maximum Gasteiger partial charge on any atom is 0.408 e. The van der Waals surface area contributed by atoms with Crippen molar-refractivity contribution >= 4 is 36.5 Å². The Labute approximate surface area is 265 Å². The molecule has 3 amide bonds. The smallest absolute Gasteiger partial charge is 0.408 e. The minimum atomic E-state index is -1.29. The fourth-order valence-electron chi connectivity index (χ4n) is 4.29. The highest BCUT2D eigenvalue weighted by molar-refractivity contribution is 7.80. The molecule has 240 valence electrons. The number of benzene rings is 2. The average molecular weight is 628 g/mol. The molecular weight excluding hydrogens is 582 g/mol. The molecule has 0 aliphatic heterocycles. The number of nitrogens with one attached hydrogen (secondary N) is 2. The summed E-state index contributed by atoms with van der Waals surface area (Å²) in [6, 6.07) is 10.1. The number of aromatic hydroxyl groups is 1. The van der Waals surface area contributed by atoms with Crippen LogP contribution in [0.3, 0.4) is 0 Å². The molecule has 3 N–H and O–H groups in total. The Bertz CT molecular complexity index is 1320. The lowest BCUT2D eigenvalue weighted by atomic mass is 9.99. The van der Waals surface area contributed by atoms with E-state index in [1.54, 1.807) is 54.5 Å². The second-order valence-electron chi connectivity index (χ2n) is 12.4. The van der Waals surface area contributed by atoms with E-state index in [1.807, 2.05) is 30.3 Å². The molecule has 11 heteroatoms. The van der Waals surface area contributed by atoms with Gasteiger partial charge in [-0.15, -0.1) is 6.58 Å². The second kappa shape index (κ2) is 15.7. The molecule has 2 aromatic carbocycles. The third-order valence-electron chi connectivity index (χ3n) is 6.17. The summed E-state index contributed by atoms with van der Waals surface area (Å²) >= 11 is 4.28. The molecular formula is C33H45N3O7S. The number of hydrogen-bond acceptors (Lipinski definition) is 8. The van der Waals surface area contributed by atoms with Crippen molar-refractivity contribution in [2.45, 2.75) is 84.2 Å². The Balaban J connectivity index is 2.56. The van der Waals surface area contributed by atoms with Crippen molar-refractivity contribution in [2.75, 3.05) is 12.3 Å². The molecule has 0 spiro atoms. The molecule has 10 nitrogen and oxygen atoms in total. The van der Waals surface area contributed by atoms with Crippen molar-refractivity contribution < 1.29 is 33.8 Å². The Kier molecular flexibility index (Phi) is 12.9. The Hall–Kier alpha value is -3.99. The van der Waals surface area contributed by atoms with Crippen molar-refractivity contribution in [3.8, 4) is 5.75 Å². The fraction of sp³-hybridized carbons (Fsp3) is 0.455. The van der Waals surface area contributed by atoms with Crippen molar-refractivity contribution in [2.24, 2.45) is 0 Å². The summed E-state index contributed by atoms with van der Waals surface area (Å²) in [4.78, 5) is 55.3. The van der Waals surface area contributed by atoms with Crippen LogP contribution in [0.5, 0.6) is 5.75 Å². The standard InChI is InChI=1S/C33H45N3O7S/c1-9-17-36(29(39)25(20-44)35-31(41)43-33(6,7)8)27(23-15-16-26(37)21(2)18-23)28(38)34-24(30(40)42-32(3,4)5)19-22-13-11-10-12-14-22/h9-16,18,24-25,27,37,44H,1,17,19-20H2,2-8H3,(H,34,38)(H,35,41). The van der Waals surface area contributed by atoms with Crippen LogP contribution in [-0.2, 0) is 30.3 Å². The van der Waals surface area contributed by atoms with Gasteiger partial charge in [-0.05, 0) is 77.3 Å². The topological polar surface area (TPSA) is 134 Å². The maximum absolute atomic E-state index is 14.2. The Morgan fingerprint density at radius 3 is 2.09 bits per heavy atom. The van der Waals surface area contributed by atoms with E-state index in [0.717, 1.165) is 5.56 Å². The van der Waals surface area contributed by atoms with Crippen LogP contribution in [0, 0.1) is 6.92 Å². The molecule has 2 rings (SSSR count). The number of thiol groups is 1. The highest BCUT2D eigenvalue weighted by Crippen LogP contribution is 2.28. The summed E-state index contributed by atoms with van der Waals surface area (Å²) in [5, 5.41) is 15.5. The molecule has 0 fully saturated rings. The molecule has 0 aliphatic rings. The molecule has 3 atom stereocenters. The van der Waals surface area contributed by atoms with Gasteiger partial charge in [0.25, 0.3) is 0 Å². The lowest BCUT2D eigenvalue weighted by molar-refractivity contribution is -0.159. The zero-order valence-electron chi connectivity index (χ0n) is 26.5. The van der Waals surface area contributed by atoms with Crippen LogP contribution in [0.4, 0.5) is 4.79 Å². The molecule has 0 aliphatic carbocycles. The van der Waals surface area contributed by atoms with Crippen LogP contribution in [0.2, 0.25) is 0 Å². The summed E-state index contributed by atoms with van der Waals surface area (Å²) in [6.07, 6.45) is 0.763. The average Bonchev–Trinajstić information content (AvgIpc) is 2.91. The first-order chi connectivity index (χ1) is 20.5. The van der Waals surface area contributed by atoms with Gasteiger partial charge in [0.2, 0.25) is 11.8 Å². The largest absolute Gasteiger partial charge is 0.508 e. The van der Waals surface area contributed by atoms with Crippen LogP contribution in [0.15, 0.2) is 61.2 Å². The molecule has 44 heavy (non-hydrogen) atoms. The number of nitrogens with zero attached hydrogens (tertiary/aromatic N) is 1.